The van der Waals surface area contributed by atoms with Crippen LogP contribution >= 0.6 is 0 Å². The van der Waals surface area contributed by atoms with Gasteiger partial charge in [0.1, 0.15) is 0 Å². The van der Waals surface area contributed by atoms with Crippen molar-refractivity contribution in [3.05, 3.63) is 51.4 Å². The second kappa shape index (κ2) is 7.29. The third kappa shape index (κ3) is 5.86. The van der Waals surface area contributed by atoms with Crippen LogP contribution in [0.3, 0.4) is 0 Å². The average Bonchev–Trinajstić information content (AvgIpc) is 2.51. The van der Waals surface area contributed by atoms with Gasteiger partial charge in [0.15, 0.2) is 5.69 Å². The number of alkyl halides is 9. The monoisotopic (exact) mass is 433 g/mol. The summed E-state index contributed by atoms with van der Waals surface area (Å²) < 4.78 is 115. The molecule has 15 heteroatoms. The molecule has 4 N–H and O–H groups in total. The molecule has 0 bridgehead atoms. The maximum absolute atomic E-state index is 12.8. The number of halogens is 9. The summed E-state index contributed by atoms with van der Waals surface area (Å²) in [6.45, 7) is 0. The Labute approximate surface area is 154 Å². The molecule has 0 aliphatic rings. The Balaban J connectivity index is 2.44. The molecule has 1 aromatic carbocycles. The van der Waals surface area contributed by atoms with Gasteiger partial charge in [-0.2, -0.15) is 44.5 Å². The number of nitrogens with zero attached hydrogens (tertiary/aromatic N) is 2. The normalized spacial score (nSPS) is 13.5. The number of nitrogens with one attached hydrogen (secondary N) is 2. The quantitative estimate of drug-likeness (QED) is 0.381. The number of nitrogens with two attached hydrogens (primary N) is 1. The van der Waals surface area contributed by atoms with Gasteiger partial charge in [0.2, 0.25) is 11.9 Å². The van der Waals surface area contributed by atoms with Gasteiger partial charge >= 0.3 is 18.5 Å². The van der Waals surface area contributed by atoms with Gasteiger partial charge in [-0.05, 0) is 18.2 Å². The number of aromatic amines is 1. The lowest BCUT2D eigenvalue weighted by molar-refractivity contribution is -0.143. The Kier molecular flexibility index (Phi) is 5.54. The van der Waals surface area contributed by atoms with Crippen LogP contribution in [-0.2, 0) is 18.5 Å². The standard InChI is InChI=1S/C14H8F9N5O/c15-12(16,17)5-1-6(13(18,19)20)3-7(2-5)25-10(24)28-11-26-8(14(21,22)23)4-9(29)27-11/h1-4H,(H4,24,25,26,27,28,29). The van der Waals surface area contributed by atoms with Crippen molar-refractivity contribution >= 4 is 17.6 Å². The minimum Gasteiger partial charge on any atom is -0.369 e. The zero-order valence-electron chi connectivity index (χ0n) is 13.6. The molecule has 0 saturated carbocycles. The third-order valence-electron chi connectivity index (χ3n) is 3.11. The van der Waals surface area contributed by atoms with Crippen molar-refractivity contribution in [3.63, 3.8) is 0 Å². The van der Waals surface area contributed by atoms with E-state index >= 15 is 0 Å². The number of guanidine groups is 1. The summed E-state index contributed by atoms with van der Waals surface area (Å²) in [5.41, 5.74) is -1.72. The van der Waals surface area contributed by atoms with E-state index in [1.165, 1.54) is 0 Å². The fourth-order valence-electron chi connectivity index (χ4n) is 1.96. The summed E-state index contributed by atoms with van der Waals surface area (Å²) in [7, 11) is 0. The number of anilines is 1. The molecule has 1 aromatic heterocycles. The second-order valence-corrected chi connectivity index (χ2v) is 5.37. The van der Waals surface area contributed by atoms with Gasteiger partial charge in [-0.15, -0.1) is 0 Å². The van der Waals surface area contributed by atoms with E-state index in [-0.39, 0.29) is 24.3 Å². The Hall–Kier alpha value is -3.26. The van der Waals surface area contributed by atoms with Crippen LogP contribution in [0, 0.1) is 0 Å². The van der Waals surface area contributed by atoms with Crippen LogP contribution < -0.4 is 16.6 Å². The van der Waals surface area contributed by atoms with Crippen LogP contribution in [0.15, 0.2) is 34.1 Å². The van der Waals surface area contributed by atoms with Crippen LogP contribution in [0.25, 0.3) is 0 Å². The highest BCUT2D eigenvalue weighted by molar-refractivity contribution is 5.93. The van der Waals surface area contributed by atoms with Gasteiger partial charge in [-0.25, -0.2) is 4.98 Å². The van der Waals surface area contributed by atoms with Gasteiger partial charge in [0, 0.05) is 11.8 Å². The predicted molar refractivity (Wildman–Crippen MR) is 81.2 cm³/mol. The highest BCUT2D eigenvalue weighted by atomic mass is 19.4. The molecule has 0 fully saturated rings. The van der Waals surface area contributed by atoms with E-state index in [9.17, 15) is 44.3 Å². The SMILES string of the molecule is NC(=Nc1nc(C(F)(F)F)cc(=O)[nH]1)Nc1cc(C(F)(F)F)cc(C(F)(F)F)c1. The van der Waals surface area contributed by atoms with Crippen molar-refractivity contribution in [2.24, 2.45) is 10.7 Å². The van der Waals surface area contributed by atoms with Crippen molar-refractivity contribution in [3.8, 4) is 0 Å². The number of H-pyrrole nitrogens is 1. The van der Waals surface area contributed by atoms with Crippen molar-refractivity contribution in [2.45, 2.75) is 18.5 Å². The van der Waals surface area contributed by atoms with Gasteiger partial charge in [0.05, 0.1) is 11.1 Å². The van der Waals surface area contributed by atoms with E-state index in [4.69, 9.17) is 5.73 Å². The van der Waals surface area contributed by atoms with Gasteiger partial charge < -0.3 is 11.1 Å². The number of aliphatic imine (C=N–C) groups is 1. The van der Waals surface area contributed by atoms with Crippen molar-refractivity contribution in [1.29, 1.82) is 0 Å². The van der Waals surface area contributed by atoms with Crippen LogP contribution in [0.2, 0.25) is 0 Å². The molecule has 0 saturated heterocycles. The van der Waals surface area contributed by atoms with Crippen LogP contribution in [0.1, 0.15) is 16.8 Å². The van der Waals surface area contributed by atoms with E-state index < -0.39 is 58.5 Å². The number of benzene rings is 1. The minimum absolute atomic E-state index is 0.116. The molecular formula is C14H8F9N5O. The smallest absolute Gasteiger partial charge is 0.369 e. The Bertz CT molecular complexity index is 956. The first-order valence-electron chi connectivity index (χ1n) is 7.15. The molecule has 0 atom stereocenters. The fourth-order valence-corrected chi connectivity index (χ4v) is 1.96. The summed E-state index contributed by atoms with van der Waals surface area (Å²) >= 11 is 0. The largest absolute Gasteiger partial charge is 0.433 e. The number of aromatic nitrogens is 2. The first kappa shape index (κ1) is 22.0. The number of hydrogen-bond donors (Lipinski definition) is 3. The first-order chi connectivity index (χ1) is 13.1. The summed E-state index contributed by atoms with van der Waals surface area (Å²) in [6, 6.07) is 0.537. The van der Waals surface area contributed by atoms with Crippen molar-refractivity contribution in [2.75, 3.05) is 5.32 Å². The van der Waals surface area contributed by atoms with E-state index in [0.29, 0.717) is 0 Å². The summed E-state index contributed by atoms with van der Waals surface area (Å²) in [6.07, 6.45) is -15.3. The molecule has 0 aliphatic heterocycles. The van der Waals surface area contributed by atoms with Gasteiger partial charge in [-0.3, -0.25) is 9.78 Å². The zero-order valence-corrected chi connectivity index (χ0v) is 13.6. The summed E-state index contributed by atoms with van der Waals surface area (Å²) in [5, 5.41) is 1.88. The Morgan fingerprint density at radius 1 is 0.897 bits per heavy atom. The molecule has 0 aliphatic carbocycles. The third-order valence-corrected chi connectivity index (χ3v) is 3.11. The molecule has 1 heterocycles. The summed E-state index contributed by atoms with van der Waals surface area (Å²) in [4.78, 5) is 19.2. The van der Waals surface area contributed by atoms with Crippen LogP contribution in [0.4, 0.5) is 51.1 Å². The molecule has 6 nitrogen and oxygen atoms in total. The highest BCUT2D eigenvalue weighted by Crippen LogP contribution is 2.37. The van der Waals surface area contributed by atoms with Gasteiger partial charge in [0.25, 0.3) is 5.56 Å². The van der Waals surface area contributed by atoms with E-state index in [1.54, 1.807) is 4.98 Å². The molecule has 29 heavy (non-hydrogen) atoms. The van der Waals surface area contributed by atoms with E-state index in [0.717, 1.165) is 0 Å². The number of hydrogen-bond acceptors (Lipinski definition) is 3. The van der Waals surface area contributed by atoms with Crippen LogP contribution in [-0.4, -0.2) is 15.9 Å². The molecular weight excluding hydrogens is 425 g/mol. The average molecular weight is 433 g/mol. The minimum atomic E-state index is -5.13. The maximum Gasteiger partial charge on any atom is 0.433 e. The van der Waals surface area contributed by atoms with Crippen molar-refractivity contribution < 1.29 is 39.5 Å². The maximum atomic E-state index is 12.8. The zero-order chi connectivity index (χ0) is 22.2. The lowest BCUT2D eigenvalue weighted by atomic mass is 10.1. The highest BCUT2D eigenvalue weighted by Gasteiger charge is 2.37. The molecule has 158 valence electrons. The predicted octanol–water partition coefficient (Wildman–Crippen LogP) is 3.88. The van der Waals surface area contributed by atoms with E-state index in [1.807, 2.05) is 5.32 Å². The topological polar surface area (TPSA) is 96.2 Å². The molecule has 0 amide bonds. The first-order valence-corrected chi connectivity index (χ1v) is 7.15. The Morgan fingerprint density at radius 2 is 1.41 bits per heavy atom. The lowest BCUT2D eigenvalue weighted by Crippen LogP contribution is -2.24. The van der Waals surface area contributed by atoms with Gasteiger partial charge in [-0.1, -0.05) is 0 Å². The second-order valence-electron chi connectivity index (χ2n) is 5.37. The molecule has 2 aromatic rings. The molecule has 0 radical (unpaired) electrons. The molecule has 0 unspecified atom stereocenters. The fraction of sp³-hybridized carbons (Fsp3) is 0.214. The molecule has 0 spiro atoms. The summed E-state index contributed by atoms with van der Waals surface area (Å²) in [5.74, 6) is -1.90. The molecule has 2 rings (SSSR count). The Morgan fingerprint density at radius 3 is 1.86 bits per heavy atom. The number of rotatable bonds is 2. The van der Waals surface area contributed by atoms with Crippen molar-refractivity contribution in [1.82, 2.24) is 9.97 Å². The lowest BCUT2D eigenvalue weighted by Gasteiger charge is -2.15. The van der Waals surface area contributed by atoms with E-state index in [2.05, 4.69) is 9.98 Å². The van der Waals surface area contributed by atoms with Crippen LogP contribution in [0.5, 0.6) is 0 Å².